The molecule has 0 aromatic heterocycles. The molecule has 1 atom stereocenters. The summed E-state index contributed by atoms with van der Waals surface area (Å²) in [5.74, 6) is -0.323. The first kappa shape index (κ1) is 14.8. The van der Waals surface area contributed by atoms with Gasteiger partial charge in [-0.05, 0) is 24.0 Å². The molecule has 1 aromatic rings. The fraction of sp³-hybridized carbons (Fsp3) is 0.500. The molecule has 1 amide bonds. The van der Waals surface area contributed by atoms with Gasteiger partial charge in [0.1, 0.15) is 0 Å². The van der Waals surface area contributed by atoms with E-state index in [0.717, 1.165) is 18.4 Å². The molecule has 6 heteroatoms. The lowest BCUT2D eigenvalue weighted by Crippen LogP contribution is -2.40. The van der Waals surface area contributed by atoms with Crippen LogP contribution in [0.4, 0.5) is 13.2 Å². The summed E-state index contributed by atoms with van der Waals surface area (Å²) in [5.41, 5.74) is 2.31. The van der Waals surface area contributed by atoms with E-state index in [1.165, 1.54) is 10.5 Å². The molecule has 0 bridgehead atoms. The van der Waals surface area contributed by atoms with Crippen molar-refractivity contribution in [1.82, 2.24) is 10.2 Å². The van der Waals surface area contributed by atoms with Gasteiger partial charge in [0.25, 0.3) is 0 Å². The van der Waals surface area contributed by atoms with Gasteiger partial charge in [-0.25, -0.2) is 0 Å². The van der Waals surface area contributed by atoms with Crippen molar-refractivity contribution in [3.05, 3.63) is 35.4 Å². The number of hydrogen-bond donors (Lipinski definition) is 1. The number of benzene rings is 1. The number of carbonyl (C=O) groups is 1. The number of nitrogens with zero attached hydrogens (tertiary/aromatic N) is 1. The van der Waals surface area contributed by atoms with Gasteiger partial charge in [0.15, 0.2) is 0 Å². The van der Waals surface area contributed by atoms with Crippen LogP contribution in [0, 0.1) is 0 Å². The Morgan fingerprint density at radius 2 is 2.10 bits per heavy atom. The Bertz CT molecular complexity index is 488. The number of hydrogen-bond acceptors (Lipinski definition) is 2. The molecular weight excluding hydrogens is 269 g/mol. The molecule has 1 aromatic carbocycles. The van der Waals surface area contributed by atoms with Crippen molar-refractivity contribution in [1.29, 1.82) is 0 Å². The fourth-order valence-electron chi connectivity index (χ4n) is 2.55. The van der Waals surface area contributed by atoms with Gasteiger partial charge in [-0.1, -0.05) is 24.3 Å². The van der Waals surface area contributed by atoms with Crippen molar-refractivity contribution in [3.8, 4) is 0 Å². The molecular formula is C14H17F3N2O. The molecule has 1 N–H and O–H groups in total. The van der Waals surface area contributed by atoms with Crippen molar-refractivity contribution in [3.63, 3.8) is 0 Å². The Morgan fingerprint density at radius 3 is 2.80 bits per heavy atom. The Morgan fingerprint density at radius 1 is 1.40 bits per heavy atom. The molecule has 0 fully saturated rings. The van der Waals surface area contributed by atoms with Crippen molar-refractivity contribution in [2.24, 2.45) is 0 Å². The summed E-state index contributed by atoms with van der Waals surface area (Å²) in [7, 11) is 1.64. The molecule has 1 aliphatic carbocycles. The molecule has 0 radical (unpaired) electrons. The zero-order valence-electron chi connectivity index (χ0n) is 11.2. The first-order chi connectivity index (χ1) is 9.38. The highest BCUT2D eigenvalue weighted by molar-refractivity contribution is 5.78. The molecule has 110 valence electrons. The van der Waals surface area contributed by atoms with E-state index in [0.29, 0.717) is 0 Å². The first-order valence-corrected chi connectivity index (χ1v) is 6.49. The Balaban J connectivity index is 1.92. The molecule has 1 aliphatic rings. The number of rotatable bonds is 4. The molecule has 0 saturated carbocycles. The maximum absolute atomic E-state index is 12.0. The van der Waals surface area contributed by atoms with E-state index < -0.39 is 12.7 Å². The Hall–Kier alpha value is -1.56. The van der Waals surface area contributed by atoms with Crippen LogP contribution in [0.15, 0.2) is 24.3 Å². The van der Waals surface area contributed by atoms with E-state index in [4.69, 9.17) is 0 Å². The fourth-order valence-corrected chi connectivity index (χ4v) is 2.55. The monoisotopic (exact) mass is 286 g/mol. The average Bonchev–Trinajstić information content (AvgIpc) is 2.80. The van der Waals surface area contributed by atoms with Gasteiger partial charge in [0, 0.05) is 7.05 Å². The third-order valence-corrected chi connectivity index (χ3v) is 3.56. The largest absolute Gasteiger partial charge is 0.401 e. The predicted molar refractivity (Wildman–Crippen MR) is 69.2 cm³/mol. The number of halogens is 3. The minimum absolute atomic E-state index is 0.0358. The molecule has 20 heavy (non-hydrogen) atoms. The van der Waals surface area contributed by atoms with Gasteiger partial charge in [0.05, 0.1) is 19.1 Å². The van der Waals surface area contributed by atoms with Crippen molar-refractivity contribution >= 4 is 5.91 Å². The molecule has 1 unspecified atom stereocenters. The normalized spacial score (nSPS) is 17.9. The van der Waals surface area contributed by atoms with Crippen LogP contribution in [0.3, 0.4) is 0 Å². The van der Waals surface area contributed by atoms with Crippen LogP contribution in [0.25, 0.3) is 0 Å². The summed E-state index contributed by atoms with van der Waals surface area (Å²) in [5, 5.41) is 2.14. The minimum atomic E-state index is -4.29. The van der Waals surface area contributed by atoms with Crippen LogP contribution >= 0.6 is 0 Å². The maximum Gasteiger partial charge on any atom is 0.401 e. The third-order valence-electron chi connectivity index (χ3n) is 3.56. The zero-order chi connectivity index (χ0) is 14.8. The Kier molecular flexibility index (Phi) is 4.32. The van der Waals surface area contributed by atoms with Crippen LogP contribution in [-0.2, 0) is 11.2 Å². The van der Waals surface area contributed by atoms with Gasteiger partial charge in [-0.15, -0.1) is 0 Å². The van der Waals surface area contributed by atoms with Crippen molar-refractivity contribution in [2.45, 2.75) is 25.1 Å². The van der Waals surface area contributed by atoms with E-state index >= 15 is 0 Å². The summed E-state index contributed by atoms with van der Waals surface area (Å²) in [4.78, 5) is 13.5. The predicted octanol–water partition coefficient (Wildman–Crippen LogP) is 2.28. The van der Waals surface area contributed by atoms with Gasteiger partial charge >= 0.3 is 6.18 Å². The summed E-state index contributed by atoms with van der Waals surface area (Å²) >= 11 is 0. The van der Waals surface area contributed by atoms with Gasteiger partial charge < -0.3 is 10.2 Å². The molecule has 3 nitrogen and oxygen atoms in total. The zero-order valence-corrected chi connectivity index (χ0v) is 11.2. The number of likely N-dealkylation sites (N-methyl/N-ethyl adjacent to an activating group) is 1. The standard InChI is InChI=1S/C14H17F3N2O/c1-19(13(20)8-18-9-14(15,16)17)12-7-6-10-4-2-3-5-11(10)12/h2-5,12,18H,6-9H2,1H3. The molecule has 0 spiro atoms. The molecule has 0 saturated heterocycles. The molecule has 0 heterocycles. The summed E-state index contributed by atoms with van der Waals surface area (Å²) in [6.45, 7) is -1.44. The summed E-state index contributed by atoms with van der Waals surface area (Å²) < 4.78 is 36.1. The lowest BCUT2D eigenvalue weighted by molar-refractivity contribution is -0.134. The Labute approximate surface area is 115 Å². The van der Waals surface area contributed by atoms with Crippen LogP contribution in [0.1, 0.15) is 23.6 Å². The quantitative estimate of drug-likeness (QED) is 0.921. The third kappa shape index (κ3) is 3.50. The lowest BCUT2D eigenvalue weighted by atomic mass is 10.1. The van der Waals surface area contributed by atoms with Crippen molar-refractivity contribution in [2.75, 3.05) is 20.1 Å². The highest BCUT2D eigenvalue weighted by Gasteiger charge is 2.30. The van der Waals surface area contributed by atoms with Crippen LogP contribution < -0.4 is 5.32 Å². The molecule has 2 rings (SSSR count). The van der Waals surface area contributed by atoms with Gasteiger partial charge in [-0.2, -0.15) is 13.2 Å². The van der Waals surface area contributed by atoms with Gasteiger partial charge in [-0.3, -0.25) is 4.79 Å². The highest BCUT2D eigenvalue weighted by Crippen LogP contribution is 2.34. The highest BCUT2D eigenvalue weighted by atomic mass is 19.4. The van der Waals surface area contributed by atoms with E-state index in [1.54, 1.807) is 7.05 Å². The second kappa shape index (κ2) is 5.83. The van der Waals surface area contributed by atoms with Crippen molar-refractivity contribution < 1.29 is 18.0 Å². The summed E-state index contributed by atoms with van der Waals surface area (Å²) in [6, 6.07) is 7.83. The average molecular weight is 286 g/mol. The topological polar surface area (TPSA) is 32.3 Å². The maximum atomic E-state index is 12.0. The number of aryl methyl sites for hydroxylation is 1. The van der Waals surface area contributed by atoms with Gasteiger partial charge in [0.2, 0.25) is 5.91 Å². The number of amides is 1. The lowest BCUT2D eigenvalue weighted by Gasteiger charge is -2.25. The van der Waals surface area contributed by atoms with E-state index in [1.807, 2.05) is 24.3 Å². The van der Waals surface area contributed by atoms with Crippen LogP contribution in [-0.4, -0.2) is 37.1 Å². The van der Waals surface area contributed by atoms with E-state index in [9.17, 15) is 18.0 Å². The number of fused-ring (bicyclic) bond motifs is 1. The minimum Gasteiger partial charge on any atom is -0.338 e. The number of nitrogens with one attached hydrogen (secondary N) is 1. The number of alkyl halides is 3. The summed E-state index contributed by atoms with van der Waals surface area (Å²) in [6.07, 6.45) is -2.58. The molecule has 0 aliphatic heterocycles. The first-order valence-electron chi connectivity index (χ1n) is 6.49. The smallest absolute Gasteiger partial charge is 0.338 e. The SMILES string of the molecule is CN(C(=O)CNCC(F)(F)F)C1CCc2ccccc21. The second-order valence-corrected chi connectivity index (χ2v) is 4.98. The van der Waals surface area contributed by atoms with E-state index in [-0.39, 0.29) is 18.5 Å². The van der Waals surface area contributed by atoms with Crippen LogP contribution in [0.2, 0.25) is 0 Å². The second-order valence-electron chi connectivity index (χ2n) is 4.98. The van der Waals surface area contributed by atoms with Crippen LogP contribution in [0.5, 0.6) is 0 Å². The number of carbonyl (C=O) groups excluding carboxylic acids is 1. The van der Waals surface area contributed by atoms with E-state index in [2.05, 4.69) is 5.32 Å².